The van der Waals surface area contributed by atoms with Crippen LogP contribution in [0.5, 0.6) is 5.75 Å². The van der Waals surface area contributed by atoms with E-state index in [0.717, 1.165) is 20.1 Å². The van der Waals surface area contributed by atoms with Crippen molar-refractivity contribution >= 4 is 55.1 Å². The zero-order valence-electron chi connectivity index (χ0n) is 14.4. The lowest BCUT2D eigenvalue weighted by atomic mass is 10.0. The van der Waals surface area contributed by atoms with Crippen LogP contribution in [-0.2, 0) is 6.61 Å². The fourth-order valence-electron chi connectivity index (χ4n) is 2.55. The summed E-state index contributed by atoms with van der Waals surface area (Å²) in [6.07, 6.45) is 1.76. The standard InChI is InChI=1S/C22H13Br2ClFNO/c23-19-10-15(9-16(12-27)18-3-1-2-4-21(18)25)11-20(24)22(19)28-13-14-5-7-17(26)8-6-14/h1-11H,13H2. The molecule has 0 amide bonds. The molecule has 3 aromatic rings. The van der Waals surface area contributed by atoms with Gasteiger partial charge in [-0.25, -0.2) is 4.39 Å². The molecule has 0 saturated carbocycles. The minimum absolute atomic E-state index is 0.283. The van der Waals surface area contributed by atoms with E-state index in [9.17, 15) is 9.65 Å². The molecule has 0 aliphatic carbocycles. The van der Waals surface area contributed by atoms with Crippen molar-refractivity contribution in [2.75, 3.05) is 0 Å². The van der Waals surface area contributed by atoms with Gasteiger partial charge in [-0.2, -0.15) is 5.26 Å². The van der Waals surface area contributed by atoms with Gasteiger partial charge in [0.15, 0.2) is 0 Å². The predicted octanol–water partition coefficient (Wildman–Crippen LogP) is 7.65. The lowest BCUT2D eigenvalue weighted by Gasteiger charge is -2.12. The predicted molar refractivity (Wildman–Crippen MR) is 118 cm³/mol. The molecule has 6 heteroatoms. The van der Waals surface area contributed by atoms with Crippen LogP contribution < -0.4 is 4.74 Å². The molecule has 0 N–H and O–H groups in total. The number of nitriles is 1. The Hall–Kier alpha value is -2.13. The maximum absolute atomic E-state index is 13.0. The van der Waals surface area contributed by atoms with Gasteiger partial charge in [0.2, 0.25) is 0 Å². The Morgan fingerprint density at radius 2 is 1.71 bits per heavy atom. The van der Waals surface area contributed by atoms with Gasteiger partial charge in [-0.15, -0.1) is 0 Å². The highest BCUT2D eigenvalue weighted by atomic mass is 79.9. The second-order valence-electron chi connectivity index (χ2n) is 5.88. The molecule has 2 nitrogen and oxygen atoms in total. The van der Waals surface area contributed by atoms with Crippen molar-refractivity contribution in [3.05, 3.63) is 97.1 Å². The molecule has 0 spiro atoms. The van der Waals surface area contributed by atoms with Gasteiger partial charge >= 0.3 is 0 Å². The first-order valence-electron chi connectivity index (χ1n) is 8.21. The monoisotopic (exact) mass is 519 g/mol. The minimum Gasteiger partial charge on any atom is -0.487 e. The highest BCUT2D eigenvalue weighted by Crippen LogP contribution is 2.36. The third-order valence-electron chi connectivity index (χ3n) is 3.91. The number of rotatable bonds is 5. The fourth-order valence-corrected chi connectivity index (χ4v) is 4.24. The van der Waals surface area contributed by atoms with Crippen molar-refractivity contribution in [3.8, 4) is 11.8 Å². The third-order valence-corrected chi connectivity index (χ3v) is 5.42. The van der Waals surface area contributed by atoms with Crippen molar-refractivity contribution in [1.29, 1.82) is 5.26 Å². The van der Waals surface area contributed by atoms with Crippen molar-refractivity contribution in [3.63, 3.8) is 0 Å². The van der Waals surface area contributed by atoms with Gasteiger partial charge in [-0.1, -0.05) is 41.9 Å². The van der Waals surface area contributed by atoms with Crippen LogP contribution in [0.25, 0.3) is 11.6 Å². The zero-order valence-corrected chi connectivity index (χ0v) is 18.4. The maximum atomic E-state index is 13.0. The molecule has 3 aromatic carbocycles. The van der Waals surface area contributed by atoms with E-state index >= 15 is 0 Å². The Morgan fingerprint density at radius 3 is 2.32 bits per heavy atom. The molecule has 3 rings (SSSR count). The van der Waals surface area contributed by atoms with Gasteiger partial charge in [0.25, 0.3) is 0 Å². The number of halogens is 4. The summed E-state index contributed by atoms with van der Waals surface area (Å²) in [5.74, 6) is 0.340. The molecule has 0 bridgehead atoms. The molecule has 140 valence electrons. The number of nitrogens with zero attached hydrogens (tertiary/aromatic N) is 1. The topological polar surface area (TPSA) is 33.0 Å². The fraction of sp³-hybridized carbons (Fsp3) is 0.0455. The normalized spacial score (nSPS) is 11.2. The van der Waals surface area contributed by atoms with Gasteiger partial charge in [0.1, 0.15) is 18.2 Å². The van der Waals surface area contributed by atoms with E-state index in [1.165, 1.54) is 12.1 Å². The van der Waals surface area contributed by atoms with Gasteiger partial charge in [0, 0.05) is 10.6 Å². The largest absolute Gasteiger partial charge is 0.487 e. The lowest BCUT2D eigenvalue weighted by molar-refractivity contribution is 0.302. The summed E-state index contributed by atoms with van der Waals surface area (Å²) in [6, 6.07) is 19.3. The van der Waals surface area contributed by atoms with E-state index in [1.54, 1.807) is 24.3 Å². The number of ether oxygens (including phenoxy) is 1. The highest BCUT2D eigenvalue weighted by Gasteiger charge is 2.11. The molecule has 0 unspecified atom stereocenters. The molecular weight excluding hydrogens is 509 g/mol. The van der Waals surface area contributed by atoms with Crippen molar-refractivity contribution in [1.82, 2.24) is 0 Å². The second kappa shape index (κ2) is 9.38. The smallest absolute Gasteiger partial charge is 0.148 e. The maximum Gasteiger partial charge on any atom is 0.148 e. The van der Waals surface area contributed by atoms with Crippen LogP contribution in [0.2, 0.25) is 5.02 Å². The number of benzene rings is 3. The first-order chi connectivity index (χ1) is 13.5. The molecule has 0 atom stereocenters. The summed E-state index contributed by atoms with van der Waals surface area (Å²) < 4.78 is 20.3. The Bertz CT molecular complexity index is 1050. The van der Waals surface area contributed by atoms with E-state index in [-0.39, 0.29) is 5.82 Å². The molecule has 0 radical (unpaired) electrons. The number of allylic oxidation sites excluding steroid dienone is 1. The van der Waals surface area contributed by atoms with Crippen LogP contribution in [0.3, 0.4) is 0 Å². The molecule has 0 heterocycles. The molecule has 28 heavy (non-hydrogen) atoms. The summed E-state index contributed by atoms with van der Waals surface area (Å²) in [6.45, 7) is 0.301. The molecular formula is C22H13Br2ClFNO. The van der Waals surface area contributed by atoms with Crippen molar-refractivity contribution in [2.45, 2.75) is 6.61 Å². The second-order valence-corrected chi connectivity index (χ2v) is 7.99. The van der Waals surface area contributed by atoms with E-state index in [1.807, 2.05) is 30.3 Å². The Morgan fingerprint density at radius 1 is 1.07 bits per heavy atom. The first-order valence-corrected chi connectivity index (χ1v) is 10.2. The van der Waals surface area contributed by atoms with Crippen LogP contribution in [-0.4, -0.2) is 0 Å². The quantitative estimate of drug-likeness (QED) is 0.255. The first kappa shape index (κ1) is 20.6. The van der Waals surface area contributed by atoms with Crippen LogP contribution >= 0.6 is 43.5 Å². The summed E-state index contributed by atoms with van der Waals surface area (Å²) in [5, 5.41) is 10.1. The number of hydrogen-bond acceptors (Lipinski definition) is 2. The Balaban J connectivity index is 1.86. The molecule has 0 fully saturated rings. The van der Waals surface area contributed by atoms with Gasteiger partial charge in [-0.3, -0.25) is 0 Å². The average Bonchev–Trinajstić information content (AvgIpc) is 2.67. The van der Waals surface area contributed by atoms with Gasteiger partial charge < -0.3 is 4.74 Å². The highest BCUT2D eigenvalue weighted by molar-refractivity contribution is 9.11. The summed E-state index contributed by atoms with van der Waals surface area (Å²) in [4.78, 5) is 0. The summed E-state index contributed by atoms with van der Waals surface area (Å²) >= 11 is 13.2. The zero-order chi connectivity index (χ0) is 20.1. The van der Waals surface area contributed by atoms with E-state index in [4.69, 9.17) is 16.3 Å². The van der Waals surface area contributed by atoms with E-state index in [0.29, 0.717) is 28.5 Å². The lowest BCUT2D eigenvalue weighted by Crippen LogP contribution is -1.97. The summed E-state index contributed by atoms with van der Waals surface area (Å²) in [5.41, 5.74) is 2.80. The van der Waals surface area contributed by atoms with Crippen LogP contribution in [0.4, 0.5) is 4.39 Å². The van der Waals surface area contributed by atoms with Crippen molar-refractivity contribution < 1.29 is 9.13 Å². The van der Waals surface area contributed by atoms with E-state index < -0.39 is 0 Å². The average molecular weight is 522 g/mol. The van der Waals surface area contributed by atoms with Crippen LogP contribution in [0, 0.1) is 17.1 Å². The molecule has 0 aliphatic rings. The molecule has 0 aliphatic heterocycles. The Kier molecular flexibility index (Phi) is 6.90. The SMILES string of the molecule is N#CC(=Cc1cc(Br)c(OCc2ccc(F)cc2)c(Br)c1)c1ccccc1Cl. The third kappa shape index (κ3) is 5.02. The molecule has 0 saturated heterocycles. The van der Waals surface area contributed by atoms with Crippen LogP contribution in [0.1, 0.15) is 16.7 Å². The minimum atomic E-state index is -0.283. The Labute approximate surface area is 184 Å². The number of hydrogen-bond donors (Lipinski definition) is 0. The van der Waals surface area contributed by atoms with E-state index in [2.05, 4.69) is 37.9 Å². The summed E-state index contributed by atoms with van der Waals surface area (Å²) in [7, 11) is 0. The van der Waals surface area contributed by atoms with Gasteiger partial charge in [0.05, 0.1) is 20.6 Å². The molecule has 0 aromatic heterocycles. The van der Waals surface area contributed by atoms with Crippen LogP contribution in [0.15, 0.2) is 69.6 Å². The van der Waals surface area contributed by atoms with Gasteiger partial charge in [-0.05, 0) is 79.4 Å². The van der Waals surface area contributed by atoms with Crippen molar-refractivity contribution in [2.24, 2.45) is 0 Å².